The van der Waals surface area contributed by atoms with Gasteiger partial charge in [0.15, 0.2) is 0 Å². The van der Waals surface area contributed by atoms with Crippen LogP contribution < -0.4 is 0 Å². The molecule has 3 rings (SSSR count). The van der Waals surface area contributed by atoms with Gasteiger partial charge < -0.3 is 9.47 Å². The fourth-order valence-electron chi connectivity index (χ4n) is 2.91. The smallest absolute Gasteiger partial charge is 0.271 e. The van der Waals surface area contributed by atoms with E-state index < -0.39 is 0 Å². The van der Waals surface area contributed by atoms with Crippen LogP contribution in [0.5, 0.6) is 0 Å². The summed E-state index contributed by atoms with van der Waals surface area (Å²) in [5.74, 6) is 0. The molecule has 20 heavy (non-hydrogen) atoms. The molecule has 1 aromatic heterocycles. The summed E-state index contributed by atoms with van der Waals surface area (Å²) >= 11 is 0. The molecule has 0 radical (unpaired) electrons. The predicted octanol–water partition coefficient (Wildman–Crippen LogP) is 3.04. The summed E-state index contributed by atoms with van der Waals surface area (Å²) in [6.45, 7) is 4.27. The SMILES string of the molecule is O=[N+]([O-])c1ccc2ccn(CCN3CCCCC3)c2c1. The lowest BCUT2D eigenvalue weighted by atomic mass is 10.1. The van der Waals surface area contributed by atoms with Gasteiger partial charge in [-0.3, -0.25) is 10.1 Å². The summed E-state index contributed by atoms with van der Waals surface area (Å²) in [7, 11) is 0. The molecule has 2 aromatic rings. The molecule has 0 amide bonds. The normalized spacial score (nSPS) is 16.6. The van der Waals surface area contributed by atoms with E-state index in [2.05, 4.69) is 9.47 Å². The summed E-state index contributed by atoms with van der Waals surface area (Å²) in [6.07, 6.45) is 5.95. The number of fused-ring (bicyclic) bond motifs is 1. The first-order chi connectivity index (χ1) is 9.74. The number of hydrogen-bond acceptors (Lipinski definition) is 3. The van der Waals surface area contributed by atoms with Gasteiger partial charge in [-0.2, -0.15) is 0 Å². The zero-order valence-electron chi connectivity index (χ0n) is 11.5. The van der Waals surface area contributed by atoms with Crippen molar-refractivity contribution in [3.63, 3.8) is 0 Å². The second kappa shape index (κ2) is 5.63. The molecular weight excluding hydrogens is 254 g/mol. The third-order valence-electron chi connectivity index (χ3n) is 4.07. The van der Waals surface area contributed by atoms with Crippen LogP contribution in [-0.2, 0) is 6.54 Å². The molecule has 1 aromatic carbocycles. The Bertz CT molecular complexity index is 615. The van der Waals surface area contributed by atoms with Crippen LogP contribution in [0.2, 0.25) is 0 Å². The molecular formula is C15H19N3O2. The van der Waals surface area contributed by atoms with Crippen molar-refractivity contribution in [3.8, 4) is 0 Å². The second-order valence-corrected chi connectivity index (χ2v) is 5.41. The molecule has 0 saturated carbocycles. The zero-order valence-corrected chi connectivity index (χ0v) is 11.5. The molecule has 1 aliphatic heterocycles. The molecule has 0 bridgehead atoms. The van der Waals surface area contributed by atoms with Crippen molar-refractivity contribution in [2.45, 2.75) is 25.8 Å². The Morgan fingerprint density at radius 3 is 2.65 bits per heavy atom. The van der Waals surface area contributed by atoms with Crippen LogP contribution in [0.25, 0.3) is 10.9 Å². The van der Waals surface area contributed by atoms with Gasteiger partial charge in [-0.25, -0.2) is 0 Å². The van der Waals surface area contributed by atoms with Gasteiger partial charge in [0, 0.05) is 36.8 Å². The van der Waals surface area contributed by atoms with Crippen molar-refractivity contribution < 1.29 is 4.92 Å². The Hall–Kier alpha value is -1.88. The lowest BCUT2D eigenvalue weighted by Gasteiger charge is -2.26. The van der Waals surface area contributed by atoms with Crippen molar-refractivity contribution in [1.82, 2.24) is 9.47 Å². The lowest BCUT2D eigenvalue weighted by molar-refractivity contribution is -0.384. The first-order valence-corrected chi connectivity index (χ1v) is 7.20. The lowest BCUT2D eigenvalue weighted by Crippen LogP contribution is -2.32. The summed E-state index contributed by atoms with van der Waals surface area (Å²) < 4.78 is 2.12. The molecule has 0 atom stereocenters. The number of nitro benzene ring substituents is 1. The largest absolute Gasteiger partial charge is 0.346 e. The number of piperidine rings is 1. The Morgan fingerprint density at radius 2 is 1.90 bits per heavy atom. The topological polar surface area (TPSA) is 51.3 Å². The number of aromatic nitrogens is 1. The minimum atomic E-state index is -0.332. The highest BCUT2D eigenvalue weighted by atomic mass is 16.6. The molecule has 5 heteroatoms. The molecule has 5 nitrogen and oxygen atoms in total. The van der Waals surface area contributed by atoms with E-state index in [1.165, 1.54) is 32.4 Å². The number of rotatable bonds is 4. The van der Waals surface area contributed by atoms with Crippen LogP contribution in [0.4, 0.5) is 5.69 Å². The van der Waals surface area contributed by atoms with Crippen LogP contribution in [0.3, 0.4) is 0 Å². The van der Waals surface area contributed by atoms with Gasteiger partial charge in [-0.15, -0.1) is 0 Å². The summed E-state index contributed by atoms with van der Waals surface area (Å²) in [6, 6.07) is 7.09. The van der Waals surface area contributed by atoms with Crippen molar-refractivity contribution in [1.29, 1.82) is 0 Å². The molecule has 0 aliphatic carbocycles. The monoisotopic (exact) mass is 273 g/mol. The maximum atomic E-state index is 10.9. The number of hydrogen-bond donors (Lipinski definition) is 0. The van der Waals surface area contributed by atoms with E-state index >= 15 is 0 Å². The van der Waals surface area contributed by atoms with Crippen molar-refractivity contribution in [2.75, 3.05) is 19.6 Å². The standard InChI is InChI=1S/C15H19N3O2/c19-18(20)14-5-4-13-6-9-17(15(13)12-14)11-10-16-7-2-1-3-8-16/h4-6,9,12H,1-3,7-8,10-11H2. The molecule has 1 fully saturated rings. The van der Waals surface area contributed by atoms with Gasteiger partial charge in [0.1, 0.15) is 0 Å². The molecule has 2 heterocycles. The van der Waals surface area contributed by atoms with Gasteiger partial charge >= 0.3 is 0 Å². The summed E-state index contributed by atoms with van der Waals surface area (Å²) in [4.78, 5) is 13.0. The van der Waals surface area contributed by atoms with E-state index in [0.717, 1.165) is 24.0 Å². The van der Waals surface area contributed by atoms with E-state index in [1.807, 2.05) is 18.3 Å². The van der Waals surface area contributed by atoms with Crippen LogP contribution in [-0.4, -0.2) is 34.0 Å². The van der Waals surface area contributed by atoms with E-state index in [0.29, 0.717) is 0 Å². The minimum absolute atomic E-state index is 0.162. The first-order valence-electron chi connectivity index (χ1n) is 7.20. The van der Waals surface area contributed by atoms with E-state index in [-0.39, 0.29) is 10.6 Å². The highest BCUT2D eigenvalue weighted by Gasteiger charge is 2.12. The highest BCUT2D eigenvalue weighted by Crippen LogP contribution is 2.22. The summed E-state index contributed by atoms with van der Waals surface area (Å²) in [5.41, 5.74) is 1.12. The van der Waals surface area contributed by atoms with Gasteiger partial charge in [0.25, 0.3) is 5.69 Å². The van der Waals surface area contributed by atoms with Gasteiger partial charge in [-0.05, 0) is 38.1 Å². The number of non-ortho nitro benzene ring substituents is 1. The van der Waals surface area contributed by atoms with Crippen molar-refractivity contribution in [2.24, 2.45) is 0 Å². The number of benzene rings is 1. The number of nitro groups is 1. The van der Waals surface area contributed by atoms with Gasteiger partial charge in [0.05, 0.1) is 10.4 Å². The van der Waals surface area contributed by atoms with Crippen LogP contribution in [0, 0.1) is 10.1 Å². The van der Waals surface area contributed by atoms with Gasteiger partial charge in [0.2, 0.25) is 0 Å². The van der Waals surface area contributed by atoms with Crippen molar-refractivity contribution in [3.05, 3.63) is 40.6 Å². The van der Waals surface area contributed by atoms with E-state index in [4.69, 9.17) is 0 Å². The van der Waals surface area contributed by atoms with Gasteiger partial charge in [-0.1, -0.05) is 6.42 Å². The number of likely N-dealkylation sites (tertiary alicyclic amines) is 1. The highest BCUT2D eigenvalue weighted by molar-refractivity contribution is 5.82. The Labute approximate surface area is 117 Å². The number of nitrogens with zero attached hydrogens (tertiary/aromatic N) is 3. The predicted molar refractivity (Wildman–Crippen MR) is 78.9 cm³/mol. The second-order valence-electron chi connectivity index (χ2n) is 5.41. The third kappa shape index (κ3) is 2.67. The zero-order chi connectivity index (χ0) is 13.9. The average molecular weight is 273 g/mol. The summed E-state index contributed by atoms with van der Waals surface area (Å²) in [5, 5.41) is 11.9. The first kappa shape index (κ1) is 13.1. The molecule has 1 aliphatic rings. The Kier molecular flexibility index (Phi) is 3.69. The fraction of sp³-hybridized carbons (Fsp3) is 0.467. The molecule has 0 N–H and O–H groups in total. The van der Waals surface area contributed by atoms with Crippen LogP contribution in [0.15, 0.2) is 30.5 Å². The average Bonchev–Trinajstić information content (AvgIpc) is 2.88. The van der Waals surface area contributed by atoms with Crippen LogP contribution in [0.1, 0.15) is 19.3 Å². The molecule has 0 unspecified atom stereocenters. The maximum absolute atomic E-state index is 10.9. The Morgan fingerprint density at radius 1 is 1.10 bits per heavy atom. The van der Waals surface area contributed by atoms with E-state index in [9.17, 15) is 10.1 Å². The molecule has 0 spiro atoms. The van der Waals surface area contributed by atoms with E-state index in [1.54, 1.807) is 12.1 Å². The molecule has 1 saturated heterocycles. The van der Waals surface area contributed by atoms with Crippen LogP contribution >= 0.6 is 0 Å². The molecule has 106 valence electrons. The Balaban J connectivity index is 1.76. The maximum Gasteiger partial charge on any atom is 0.271 e. The fourth-order valence-corrected chi connectivity index (χ4v) is 2.91. The third-order valence-corrected chi connectivity index (χ3v) is 4.07. The minimum Gasteiger partial charge on any atom is -0.346 e. The quantitative estimate of drug-likeness (QED) is 0.635. The van der Waals surface area contributed by atoms with Crippen molar-refractivity contribution >= 4 is 16.6 Å².